The quantitative estimate of drug-likeness (QED) is 0.485. The van der Waals surface area contributed by atoms with Crippen LogP contribution in [0.5, 0.6) is 11.5 Å². The van der Waals surface area contributed by atoms with Gasteiger partial charge < -0.3 is 14.6 Å². The van der Waals surface area contributed by atoms with E-state index in [4.69, 9.17) is 14.6 Å². The molecule has 0 aliphatic rings. The van der Waals surface area contributed by atoms with Crippen molar-refractivity contribution in [3.63, 3.8) is 0 Å². The number of hydrogen-bond acceptors (Lipinski definition) is 3. The fraction of sp³-hybridized carbons (Fsp3) is 0.478. The van der Waals surface area contributed by atoms with Crippen LogP contribution in [0, 0.1) is 0 Å². The summed E-state index contributed by atoms with van der Waals surface area (Å²) in [6.07, 6.45) is 7.47. The third-order valence-corrected chi connectivity index (χ3v) is 4.40. The van der Waals surface area contributed by atoms with E-state index in [1.807, 2.05) is 43.3 Å². The fourth-order valence-electron chi connectivity index (χ4n) is 2.81. The summed E-state index contributed by atoms with van der Waals surface area (Å²) in [5.41, 5.74) is 2.29. The maximum Gasteiger partial charge on any atom is 0.119 e. The van der Waals surface area contributed by atoms with Crippen LogP contribution in [0.25, 0.3) is 11.1 Å². The minimum atomic E-state index is -0.191. The lowest BCUT2D eigenvalue weighted by molar-refractivity contribution is 0.130. The van der Waals surface area contributed by atoms with Gasteiger partial charge in [0.05, 0.1) is 13.2 Å². The van der Waals surface area contributed by atoms with Gasteiger partial charge in [-0.1, -0.05) is 63.3 Å². The summed E-state index contributed by atoms with van der Waals surface area (Å²) in [4.78, 5) is 0. The molecule has 0 unspecified atom stereocenters. The molecule has 0 aromatic heterocycles. The van der Waals surface area contributed by atoms with Crippen LogP contribution in [0.4, 0.5) is 0 Å². The number of benzene rings is 2. The molecule has 3 nitrogen and oxygen atoms in total. The van der Waals surface area contributed by atoms with Crippen molar-refractivity contribution in [1.82, 2.24) is 0 Å². The van der Waals surface area contributed by atoms with Gasteiger partial charge in [0.25, 0.3) is 0 Å². The summed E-state index contributed by atoms with van der Waals surface area (Å²) in [6.45, 7) is 4.90. The van der Waals surface area contributed by atoms with Crippen molar-refractivity contribution in [3.05, 3.63) is 48.5 Å². The van der Waals surface area contributed by atoms with Crippen molar-refractivity contribution in [3.8, 4) is 22.6 Å². The van der Waals surface area contributed by atoms with Crippen molar-refractivity contribution >= 4 is 0 Å². The Kier molecular flexibility index (Phi) is 9.05. The van der Waals surface area contributed by atoms with E-state index in [0.29, 0.717) is 0 Å². The lowest BCUT2D eigenvalue weighted by Gasteiger charge is -2.12. The topological polar surface area (TPSA) is 38.7 Å². The Labute approximate surface area is 158 Å². The Balaban J connectivity index is 1.78. The van der Waals surface area contributed by atoms with Crippen LogP contribution < -0.4 is 9.47 Å². The molecule has 0 saturated heterocycles. The molecule has 2 aromatic carbocycles. The van der Waals surface area contributed by atoms with Gasteiger partial charge in [0, 0.05) is 0 Å². The molecule has 0 radical (unpaired) electrons. The SMILES string of the molecule is CCCCCCCCOc1ccc(-c2ccc(O[C@H](C)CO)cc2)cc1. The number of aliphatic hydroxyl groups is 1. The third-order valence-electron chi connectivity index (χ3n) is 4.40. The van der Waals surface area contributed by atoms with Crippen molar-refractivity contribution in [2.75, 3.05) is 13.2 Å². The van der Waals surface area contributed by atoms with Crippen LogP contribution in [-0.2, 0) is 0 Å². The van der Waals surface area contributed by atoms with E-state index in [-0.39, 0.29) is 12.7 Å². The largest absolute Gasteiger partial charge is 0.494 e. The molecule has 0 aliphatic carbocycles. The van der Waals surface area contributed by atoms with E-state index in [1.165, 1.54) is 32.1 Å². The Bertz CT molecular complexity index is 604. The fourth-order valence-corrected chi connectivity index (χ4v) is 2.81. The van der Waals surface area contributed by atoms with Crippen LogP contribution >= 0.6 is 0 Å². The molecule has 142 valence electrons. The minimum absolute atomic E-state index is 0.0158. The molecule has 1 N–H and O–H groups in total. The maximum absolute atomic E-state index is 9.04. The highest BCUT2D eigenvalue weighted by molar-refractivity contribution is 5.64. The Morgan fingerprint density at radius 2 is 1.31 bits per heavy atom. The second-order valence-corrected chi connectivity index (χ2v) is 6.78. The van der Waals surface area contributed by atoms with Crippen molar-refractivity contribution in [1.29, 1.82) is 0 Å². The molecule has 0 spiro atoms. The van der Waals surface area contributed by atoms with Gasteiger partial charge in [-0.2, -0.15) is 0 Å². The number of unbranched alkanes of at least 4 members (excludes halogenated alkanes) is 5. The number of ether oxygens (including phenoxy) is 2. The summed E-state index contributed by atoms with van der Waals surface area (Å²) in [5, 5.41) is 9.04. The van der Waals surface area contributed by atoms with Crippen LogP contribution in [0.2, 0.25) is 0 Å². The molecule has 3 heteroatoms. The highest BCUT2D eigenvalue weighted by Crippen LogP contribution is 2.25. The molecule has 0 bridgehead atoms. The normalized spacial score (nSPS) is 12.0. The van der Waals surface area contributed by atoms with Crippen molar-refractivity contribution in [2.24, 2.45) is 0 Å². The first-order valence-electron chi connectivity index (χ1n) is 9.83. The van der Waals surface area contributed by atoms with E-state index in [1.54, 1.807) is 0 Å². The third kappa shape index (κ3) is 7.09. The van der Waals surface area contributed by atoms with E-state index in [2.05, 4.69) is 19.1 Å². The molecule has 0 heterocycles. The number of rotatable bonds is 12. The zero-order chi connectivity index (χ0) is 18.6. The molecule has 2 rings (SSSR count). The highest BCUT2D eigenvalue weighted by atomic mass is 16.5. The average Bonchev–Trinajstić information content (AvgIpc) is 2.68. The van der Waals surface area contributed by atoms with E-state index in [0.717, 1.165) is 35.7 Å². The molecule has 2 aromatic rings. The van der Waals surface area contributed by atoms with Crippen LogP contribution in [0.15, 0.2) is 48.5 Å². The van der Waals surface area contributed by atoms with E-state index < -0.39 is 0 Å². The van der Waals surface area contributed by atoms with Gasteiger partial charge in [0.15, 0.2) is 0 Å². The van der Waals surface area contributed by atoms with Gasteiger partial charge >= 0.3 is 0 Å². The molecule has 0 aliphatic heterocycles. The summed E-state index contributed by atoms with van der Waals surface area (Å²) in [5.74, 6) is 1.70. The van der Waals surface area contributed by atoms with Gasteiger partial charge in [-0.3, -0.25) is 0 Å². The zero-order valence-corrected chi connectivity index (χ0v) is 16.1. The Hall–Kier alpha value is -2.00. The lowest BCUT2D eigenvalue weighted by Crippen LogP contribution is -2.15. The van der Waals surface area contributed by atoms with Gasteiger partial charge in [0.2, 0.25) is 0 Å². The molecule has 0 saturated carbocycles. The van der Waals surface area contributed by atoms with Gasteiger partial charge in [0.1, 0.15) is 17.6 Å². The van der Waals surface area contributed by atoms with Crippen LogP contribution in [0.1, 0.15) is 52.4 Å². The maximum atomic E-state index is 9.04. The van der Waals surface area contributed by atoms with E-state index in [9.17, 15) is 0 Å². The minimum Gasteiger partial charge on any atom is -0.494 e. The second-order valence-electron chi connectivity index (χ2n) is 6.78. The van der Waals surface area contributed by atoms with Gasteiger partial charge in [-0.15, -0.1) is 0 Å². The highest BCUT2D eigenvalue weighted by Gasteiger charge is 2.03. The van der Waals surface area contributed by atoms with Crippen molar-refractivity contribution in [2.45, 2.75) is 58.5 Å². The first-order chi connectivity index (χ1) is 12.7. The van der Waals surface area contributed by atoms with Crippen LogP contribution in [0.3, 0.4) is 0 Å². The van der Waals surface area contributed by atoms with Crippen LogP contribution in [-0.4, -0.2) is 24.4 Å². The predicted molar refractivity (Wildman–Crippen MR) is 108 cm³/mol. The number of hydrogen-bond donors (Lipinski definition) is 1. The smallest absolute Gasteiger partial charge is 0.119 e. The standard InChI is InChI=1S/C23H32O3/c1-3-4-5-6-7-8-17-25-22-13-9-20(10-14-22)21-11-15-23(16-12-21)26-19(2)18-24/h9-16,19,24H,3-8,17-18H2,1-2H3/t19-/m1/s1. The molecule has 0 amide bonds. The average molecular weight is 357 g/mol. The Morgan fingerprint density at radius 3 is 1.88 bits per heavy atom. The molecular weight excluding hydrogens is 324 g/mol. The van der Waals surface area contributed by atoms with Gasteiger partial charge in [-0.05, 0) is 48.7 Å². The first-order valence-corrected chi connectivity index (χ1v) is 9.83. The second kappa shape index (κ2) is 11.6. The summed E-state index contributed by atoms with van der Waals surface area (Å²) in [6, 6.07) is 16.2. The Morgan fingerprint density at radius 1 is 0.769 bits per heavy atom. The number of aliphatic hydroxyl groups excluding tert-OH is 1. The summed E-state index contributed by atoms with van der Waals surface area (Å²) in [7, 11) is 0. The summed E-state index contributed by atoms with van der Waals surface area (Å²) >= 11 is 0. The lowest BCUT2D eigenvalue weighted by atomic mass is 10.1. The summed E-state index contributed by atoms with van der Waals surface area (Å²) < 4.78 is 11.4. The van der Waals surface area contributed by atoms with Crippen molar-refractivity contribution < 1.29 is 14.6 Å². The molecule has 1 atom stereocenters. The molecule has 0 fully saturated rings. The predicted octanol–water partition coefficient (Wildman–Crippen LogP) is 5.85. The molecule has 26 heavy (non-hydrogen) atoms. The van der Waals surface area contributed by atoms with E-state index >= 15 is 0 Å². The zero-order valence-electron chi connectivity index (χ0n) is 16.1. The van der Waals surface area contributed by atoms with Gasteiger partial charge in [-0.25, -0.2) is 0 Å². The monoisotopic (exact) mass is 356 g/mol. The first kappa shape index (κ1) is 20.3. The molecular formula is C23H32O3.